The van der Waals surface area contributed by atoms with Gasteiger partial charge in [-0.2, -0.15) is 0 Å². The van der Waals surface area contributed by atoms with Crippen molar-refractivity contribution in [2.24, 2.45) is 4.99 Å². The van der Waals surface area contributed by atoms with Gasteiger partial charge in [0.1, 0.15) is 6.61 Å². The van der Waals surface area contributed by atoms with E-state index < -0.39 is 0 Å². The molecule has 5 aromatic rings. The largest absolute Gasteiger partial charge is 0.493 e. The first kappa shape index (κ1) is 27.4. The number of nitrogens with zero attached hydrogens (tertiary/aromatic N) is 2. The fourth-order valence-corrected chi connectivity index (χ4v) is 8.21. The Kier molecular flexibility index (Phi) is 7.40. The molecule has 0 radical (unpaired) electrons. The van der Waals surface area contributed by atoms with Crippen LogP contribution in [-0.4, -0.2) is 11.7 Å². The predicted octanol–water partition coefficient (Wildman–Crippen LogP) is 7.38. The number of ether oxygens (including phenoxy) is 2. The fourth-order valence-electron chi connectivity index (χ4n) is 5.60. The number of methoxy groups -OCH3 is 1. The Labute approximate surface area is 263 Å². The molecule has 2 aromatic heterocycles. The van der Waals surface area contributed by atoms with Gasteiger partial charge in [0.2, 0.25) is 0 Å². The molecular weight excluding hydrogens is 652 g/mol. The number of halogens is 2. The number of benzene rings is 3. The molecule has 1 unspecified atom stereocenters. The molecule has 7 rings (SSSR count). The Morgan fingerprint density at radius 3 is 2.74 bits per heavy atom. The summed E-state index contributed by atoms with van der Waals surface area (Å²) in [5.74, 6) is 1.12. The van der Waals surface area contributed by atoms with Crippen LogP contribution < -0.4 is 24.4 Å². The summed E-state index contributed by atoms with van der Waals surface area (Å²) in [7, 11) is 1.60. The number of fused-ring (bicyclic) bond motifs is 3. The van der Waals surface area contributed by atoms with Crippen molar-refractivity contribution in [3.63, 3.8) is 0 Å². The summed E-state index contributed by atoms with van der Waals surface area (Å²) in [4.78, 5) is 21.0. The predicted molar refractivity (Wildman–Crippen MR) is 174 cm³/mol. The summed E-state index contributed by atoms with van der Waals surface area (Å²) in [6.07, 6.45) is 3.72. The molecule has 42 heavy (non-hydrogen) atoms. The smallest absolute Gasteiger partial charge is 0.271 e. The van der Waals surface area contributed by atoms with Gasteiger partial charge in [-0.25, -0.2) is 4.99 Å². The van der Waals surface area contributed by atoms with Crippen LogP contribution in [0.25, 0.3) is 11.8 Å². The lowest BCUT2D eigenvalue weighted by molar-refractivity contribution is 0.282. The van der Waals surface area contributed by atoms with Crippen molar-refractivity contribution in [2.45, 2.75) is 25.5 Å². The molecule has 0 saturated heterocycles. The standard InChI is InChI=1S/C33H24BrClN2O3S2/c1-39-26-16-19(15-24(34)31(26)40-18-21-8-3-5-10-25(21)35)17-28-32(38)37-30(27-11-6-14-41-27)23-13-12-20-7-2-4-9-22(20)29(23)36-33(37)42-28/h2-11,14-17,30H,12-13,18H2,1H3. The van der Waals surface area contributed by atoms with Crippen molar-refractivity contribution in [1.29, 1.82) is 0 Å². The van der Waals surface area contributed by atoms with Crippen molar-refractivity contribution in [1.82, 2.24) is 4.57 Å². The van der Waals surface area contributed by atoms with Crippen LogP contribution in [0.2, 0.25) is 5.02 Å². The van der Waals surface area contributed by atoms with E-state index in [9.17, 15) is 4.79 Å². The van der Waals surface area contributed by atoms with Gasteiger partial charge in [-0.1, -0.05) is 71.5 Å². The topological polar surface area (TPSA) is 52.8 Å². The third-order valence-electron chi connectivity index (χ3n) is 7.57. The van der Waals surface area contributed by atoms with Gasteiger partial charge >= 0.3 is 0 Å². The second-order valence-electron chi connectivity index (χ2n) is 10.0. The molecular formula is C33H24BrClN2O3S2. The lowest BCUT2D eigenvalue weighted by Crippen LogP contribution is -2.38. The molecule has 0 bridgehead atoms. The minimum absolute atomic E-state index is 0.0447. The molecule has 0 spiro atoms. The van der Waals surface area contributed by atoms with Gasteiger partial charge in [0.15, 0.2) is 16.3 Å². The van der Waals surface area contributed by atoms with E-state index in [1.54, 1.807) is 18.4 Å². The Bertz CT molecular complexity index is 2050. The Hall–Kier alpha value is -3.43. The van der Waals surface area contributed by atoms with Gasteiger partial charge in [0, 0.05) is 21.0 Å². The highest BCUT2D eigenvalue weighted by Gasteiger charge is 2.33. The molecule has 1 aliphatic carbocycles. The number of hydrogen-bond acceptors (Lipinski definition) is 6. The summed E-state index contributed by atoms with van der Waals surface area (Å²) in [6, 6.07) is 23.9. The van der Waals surface area contributed by atoms with Crippen molar-refractivity contribution < 1.29 is 9.47 Å². The second kappa shape index (κ2) is 11.3. The maximum absolute atomic E-state index is 14.0. The van der Waals surface area contributed by atoms with Gasteiger partial charge in [-0.3, -0.25) is 9.36 Å². The maximum Gasteiger partial charge on any atom is 0.271 e. The van der Waals surface area contributed by atoms with Crippen LogP contribution in [0.4, 0.5) is 0 Å². The first-order valence-electron chi connectivity index (χ1n) is 13.4. The molecule has 0 fully saturated rings. The number of aromatic nitrogens is 1. The van der Waals surface area contributed by atoms with Gasteiger partial charge in [-0.05, 0) is 81.2 Å². The Morgan fingerprint density at radius 2 is 1.93 bits per heavy atom. The number of aryl methyl sites for hydroxylation is 1. The molecule has 3 heterocycles. The molecule has 9 heteroatoms. The summed E-state index contributed by atoms with van der Waals surface area (Å²) in [5.41, 5.74) is 6.33. The van der Waals surface area contributed by atoms with E-state index in [-0.39, 0.29) is 11.6 Å². The van der Waals surface area contributed by atoms with Crippen LogP contribution in [0.5, 0.6) is 11.5 Å². The molecule has 1 aliphatic heterocycles. The zero-order chi connectivity index (χ0) is 28.8. The highest BCUT2D eigenvalue weighted by Crippen LogP contribution is 2.42. The molecule has 210 valence electrons. The van der Waals surface area contributed by atoms with E-state index in [0.717, 1.165) is 39.0 Å². The van der Waals surface area contributed by atoms with Crippen molar-refractivity contribution in [3.05, 3.63) is 140 Å². The number of rotatable bonds is 6. The summed E-state index contributed by atoms with van der Waals surface area (Å²) < 4.78 is 15.0. The number of thiophene rings is 1. The minimum atomic E-state index is -0.159. The van der Waals surface area contributed by atoms with Gasteiger partial charge < -0.3 is 9.47 Å². The SMILES string of the molecule is COc1cc(C=c2sc3n(c2=O)C(c2cccs2)C2=C(N=3)c3ccccc3CC2)cc(Br)c1OCc1ccccc1Cl. The first-order chi connectivity index (χ1) is 20.5. The van der Waals surface area contributed by atoms with E-state index in [1.807, 2.05) is 53.1 Å². The Balaban J connectivity index is 1.31. The van der Waals surface area contributed by atoms with E-state index in [1.165, 1.54) is 28.0 Å². The first-order valence-corrected chi connectivity index (χ1v) is 16.3. The molecule has 0 amide bonds. The van der Waals surface area contributed by atoms with Crippen LogP contribution in [0.3, 0.4) is 0 Å². The lowest BCUT2D eigenvalue weighted by Gasteiger charge is -2.30. The van der Waals surface area contributed by atoms with Gasteiger partial charge in [-0.15, -0.1) is 11.3 Å². The summed E-state index contributed by atoms with van der Waals surface area (Å²) in [5, 5.41) is 2.71. The van der Waals surface area contributed by atoms with E-state index >= 15 is 0 Å². The summed E-state index contributed by atoms with van der Waals surface area (Å²) in [6.45, 7) is 0.295. The highest BCUT2D eigenvalue weighted by molar-refractivity contribution is 9.10. The van der Waals surface area contributed by atoms with Crippen molar-refractivity contribution in [2.75, 3.05) is 7.11 Å². The molecule has 2 aliphatic rings. The van der Waals surface area contributed by atoms with E-state index in [2.05, 4.69) is 51.6 Å². The molecule has 3 aromatic carbocycles. The van der Waals surface area contributed by atoms with Crippen molar-refractivity contribution in [3.8, 4) is 11.5 Å². The van der Waals surface area contributed by atoms with Crippen LogP contribution in [0.15, 0.2) is 98.0 Å². The fraction of sp³-hybridized carbons (Fsp3) is 0.152. The summed E-state index contributed by atoms with van der Waals surface area (Å²) >= 11 is 13.1. The van der Waals surface area contributed by atoms with Gasteiger partial charge in [0.25, 0.3) is 5.56 Å². The van der Waals surface area contributed by atoms with Crippen LogP contribution in [0.1, 0.15) is 39.6 Å². The van der Waals surface area contributed by atoms with E-state index in [4.69, 9.17) is 26.1 Å². The van der Waals surface area contributed by atoms with Crippen molar-refractivity contribution >= 4 is 62.0 Å². The average Bonchev–Trinajstić information content (AvgIpc) is 3.64. The average molecular weight is 676 g/mol. The minimum Gasteiger partial charge on any atom is -0.493 e. The zero-order valence-electron chi connectivity index (χ0n) is 22.5. The number of hydrogen-bond donors (Lipinski definition) is 0. The quantitative estimate of drug-likeness (QED) is 0.189. The van der Waals surface area contributed by atoms with Crippen LogP contribution in [0, 0.1) is 0 Å². The monoisotopic (exact) mass is 674 g/mol. The van der Waals surface area contributed by atoms with E-state index in [0.29, 0.717) is 32.5 Å². The third-order valence-corrected chi connectivity index (χ3v) is 10.4. The number of thiazole rings is 1. The lowest BCUT2D eigenvalue weighted by atomic mass is 9.85. The zero-order valence-corrected chi connectivity index (χ0v) is 26.4. The third kappa shape index (κ3) is 4.86. The molecule has 1 atom stereocenters. The van der Waals surface area contributed by atoms with Crippen LogP contribution in [-0.2, 0) is 13.0 Å². The normalized spacial score (nSPS) is 16.0. The Morgan fingerprint density at radius 1 is 1.10 bits per heavy atom. The molecule has 0 N–H and O–H groups in total. The van der Waals surface area contributed by atoms with Gasteiger partial charge in [0.05, 0.1) is 27.9 Å². The molecule has 5 nitrogen and oxygen atoms in total. The molecule has 0 saturated carbocycles. The number of allylic oxidation sites excluding steroid dienone is 1. The second-order valence-corrected chi connectivity index (χ2v) is 13.3. The van der Waals surface area contributed by atoms with Crippen LogP contribution >= 0.6 is 50.2 Å². The maximum atomic E-state index is 14.0. The highest BCUT2D eigenvalue weighted by atomic mass is 79.9.